The Morgan fingerprint density at radius 3 is 3.29 bits per heavy atom. The third kappa shape index (κ3) is 1.73. The molecule has 0 saturated carbocycles. The number of fused-ring (bicyclic) bond motifs is 1. The van der Waals surface area contributed by atoms with Crippen molar-refractivity contribution in [2.75, 3.05) is 12.3 Å². The van der Waals surface area contributed by atoms with E-state index >= 15 is 0 Å². The predicted molar refractivity (Wildman–Crippen MR) is 55.4 cm³/mol. The van der Waals surface area contributed by atoms with Gasteiger partial charge in [0.2, 0.25) is 0 Å². The first-order valence-corrected chi connectivity index (χ1v) is 5.29. The van der Waals surface area contributed by atoms with Crippen molar-refractivity contribution >= 4 is 22.3 Å². The van der Waals surface area contributed by atoms with Gasteiger partial charge in [-0.2, -0.15) is 0 Å². The average molecular weight is 212 g/mol. The summed E-state index contributed by atoms with van der Waals surface area (Å²) in [7, 11) is 0. The fourth-order valence-corrected chi connectivity index (χ4v) is 2.80. The molecule has 14 heavy (non-hydrogen) atoms. The van der Waals surface area contributed by atoms with Crippen molar-refractivity contribution in [1.82, 2.24) is 5.32 Å². The third-order valence-corrected chi connectivity index (χ3v) is 3.38. The first-order valence-electron chi connectivity index (χ1n) is 4.47. The van der Waals surface area contributed by atoms with E-state index < -0.39 is 5.97 Å². The summed E-state index contributed by atoms with van der Waals surface area (Å²) in [5, 5.41) is 12.7. The summed E-state index contributed by atoms with van der Waals surface area (Å²) in [6.07, 6.45) is 0.177. The number of aliphatic carboxylic acids is 1. The van der Waals surface area contributed by atoms with E-state index in [1.807, 2.05) is 6.07 Å². The van der Waals surface area contributed by atoms with Gasteiger partial charge in [0.1, 0.15) is 0 Å². The maximum atomic E-state index is 10.6. The Morgan fingerprint density at radius 1 is 1.79 bits per heavy atom. The monoisotopic (exact) mass is 212 g/mol. The molecule has 1 aromatic heterocycles. The number of hydrogen-bond acceptors (Lipinski definition) is 4. The molecule has 0 amide bonds. The highest BCUT2D eigenvalue weighted by atomic mass is 32.1. The van der Waals surface area contributed by atoms with Crippen LogP contribution in [-0.4, -0.2) is 17.6 Å². The highest BCUT2D eigenvalue weighted by molar-refractivity contribution is 7.16. The molecule has 1 atom stereocenters. The molecule has 0 aromatic carbocycles. The standard InChI is InChI=1S/C9H12N2O2S/c10-8-2-6-5(1-9(12)13)3-11-4-7(6)14-8/h2,5,11H,1,3-4,10H2,(H,12,13). The summed E-state index contributed by atoms with van der Waals surface area (Å²) in [6.45, 7) is 1.54. The van der Waals surface area contributed by atoms with Gasteiger partial charge in [0, 0.05) is 23.9 Å². The zero-order valence-corrected chi connectivity index (χ0v) is 8.43. The Labute approximate surface area is 85.7 Å². The molecule has 2 heterocycles. The second-order valence-corrected chi connectivity index (χ2v) is 4.62. The quantitative estimate of drug-likeness (QED) is 0.683. The number of carbonyl (C=O) groups is 1. The van der Waals surface area contributed by atoms with Crippen LogP contribution in [0.5, 0.6) is 0 Å². The zero-order chi connectivity index (χ0) is 10.1. The fourth-order valence-electron chi connectivity index (χ4n) is 1.81. The summed E-state index contributed by atoms with van der Waals surface area (Å²) in [5.74, 6) is -0.681. The van der Waals surface area contributed by atoms with Crippen LogP contribution >= 0.6 is 11.3 Å². The SMILES string of the molecule is Nc1cc2c(s1)CNCC2CC(=O)O. The van der Waals surface area contributed by atoms with E-state index in [4.69, 9.17) is 10.8 Å². The molecule has 0 aliphatic carbocycles. The number of rotatable bonds is 2. The van der Waals surface area contributed by atoms with Gasteiger partial charge in [-0.15, -0.1) is 11.3 Å². The molecule has 76 valence electrons. The minimum atomic E-state index is -0.755. The fraction of sp³-hybridized carbons (Fsp3) is 0.444. The van der Waals surface area contributed by atoms with E-state index in [-0.39, 0.29) is 12.3 Å². The van der Waals surface area contributed by atoms with E-state index in [9.17, 15) is 4.79 Å². The topological polar surface area (TPSA) is 75.3 Å². The van der Waals surface area contributed by atoms with Gasteiger partial charge in [0.15, 0.2) is 0 Å². The van der Waals surface area contributed by atoms with Crippen molar-refractivity contribution in [2.45, 2.75) is 18.9 Å². The number of nitrogens with two attached hydrogens (primary N) is 1. The van der Waals surface area contributed by atoms with Crippen LogP contribution in [0.15, 0.2) is 6.07 Å². The number of thiophene rings is 1. The van der Waals surface area contributed by atoms with Gasteiger partial charge >= 0.3 is 5.97 Å². The second kappa shape index (κ2) is 3.59. The molecule has 5 heteroatoms. The Hall–Kier alpha value is -1.07. The van der Waals surface area contributed by atoms with Crippen LogP contribution in [0.4, 0.5) is 5.00 Å². The maximum absolute atomic E-state index is 10.6. The molecule has 0 fully saturated rings. The van der Waals surface area contributed by atoms with Crippen LogP contribution < -0.4 is 11.1 Å². The number of hydrogen-bond donors (Lipinski definition) is 3. The highest BCUT2D eigenvalue weighted by Gasteiger charge is 2.24. The lowest BCUT2D eigenvalue weighted by atomic mass is 9.93. The van der Waals surface area contributed by atoms with Crippen molar-refractivity contribution in [2.24, 2.45) is 0 Å². The molecular weight excluding hydrogens is 200 g/mol. The smallest absolute Gasteiger partial charge is 0.304 e. The van der Waals surface area contributed by atoms with Gasteiger partial charge < -0.3 is 16.2 Å². The lowest BCUT2D eigenvalue weighted by molar-refractivity contribution is -0.137. The number of carboxylic acid groups (broad SMARTS) is 1. The number of nitrogens with one attached hydrogen (secondary N) is 1. The van der Waals surface area contributed by atoms with Crippen LogP contribution in [0.2, 0.25) is 0 Å². The molecule has 0 saturated heterocycles. The summed E-state index contributed by atoms with van der Waals surface area (Å²) < 4.78 is 0. The molecule has 4 nitrogen and oxygen atoms in total. The summed E-state index contributed by atoms with van der Waals surface area (Å²) in [5.41, 5.74) is 6.81. The first-order chi connectivity index (χ1) is 6.66. The third-order valence-electron chi connectivity index (χ3n) is 2.40. The minimum Gasteiger partial charge on any atom is -0.481 e. The van der Waals surface area contributed by atoms with Crippen LogP contribution in [0.3, 0.4) is 0 Å². The molecule has 1 aliphatic heterocycles. The van der Waals surface area contributed by atoms with Crippen LogP contribution in [0.1, 0.15) is 22.8 Å². The van der Waals surface area contributed by atoms with Crippen LogP contribution in [0, 0.1) is 0 Å². The Balaban J connectivity index is 2.25. The molecule has 1 aliphatic rings. The van der Waals surface area contributed by atoms with Crippen molar-refractivity contribution in [3.8, 4) is 0 Å². The summed E-state index contributed by atoms with van der Waals surface area (Å²) >= 11 is 1.54. The molecule has 0 radical (unpaired) electrons. The lowest BCUT2D eigenvalue weighted by Crippen LogP contribution is -2.28. The van der Waals surface area contributed by atoms with Gasteiger partial charge in [-0.05, 0) is 11.6 Å². The highest BCUT2D eigenvalue weighted by Crippen LogP contribution is 2.34. The Bertz CT molecular complexity index is 362. The molecule has 0 bridgehead atoms. The van der Waals surface area contributed by atoms with E-state index in [1.54, 1.807) is 11.3 Å². The van der Waals surface area contributed by atoms with Crippen molar-refractivity contribution in [3.05, 3.63) is 16.5 Å². The van der Waals surface area contributed by atoms with Gasteiger partial charge in [-0.3, -0.25) is 4.79 Å². The van der Waals surface area contributed by atoms with Crippen LogP contribution in [0.25, 0.3) is 0 Å². The predicted octanol–water partition coefficient (Wildman–Crippen LogP) is 0.992. The molecular formula is C9H12N2O2S. The lowest BCUT2D eigenvalue weighted by Gasteiger charge is -2.21. The Morgan fingerprint density at radius 2 is 2.57 bits per heavy atom. The van der Waals surface area contributed by atoms with E-state index in [1.165, 1.54) is 4.88 Å². The van der Waals surface area contributed by atoms with Gasteiger partial charge in [-0.25, -0.2) is 0 Å². The maximum Gasteiger partial charge on any atom is 0.304 e. The summed E-state index contributed by atoms with van der Waals surface area (Å²) in [4.78, 5) is 11.8. The normalized spacial score (nSPS) is 20.4. The number of anilines is 1. The molecule has 2 rings (SSSR count). The molecule has 4 N–H and O–H groups in total. The van der Waals surface area contributed by atoms with Crippen molar-refractivity contribution in [1.29, 1.82) is 0 Å². The van der Waals surface area contributed by atoms with E-state index in [0.29, 0.717) is 0 Å². The first kappa shape index (κ1) is 9.48. The van der Waals surface area contributed by atoms with Crippen molar-refractivity contribution < 1.29 is 9.90 Å². The van der Waals surface area contributed by atoms with E-state index in [0.717, 1.165) is 23.7 Å². The average Bonchev–Trinajstić information content (AvgIpc) is 2.45. The van der Waals surface area contributed by atoms with Gasteiger partial charge in [-0.1, -0.05) is 0 Å². The molecule has 0 spiro atoms. The molecule has 1 aromatic rings. The molecule has 1 unspecified atom stereocenters. The van der Waals surface area contributed by atoms with Crippen LogP contribution in [-0.2, 0) is 11.3 Å². The zero-order valence-electron chi connectivity index (χ0n) is 7.62. The summed E-state index contributed by atoms with van der Waals surface area (Å²) in [6, 6.07) is 1.91. The van der Waals surface area contributed by atoms with Crippen molar-refractivity contribution in [3.63, 3.8) is 0 Å². The van der Waals surface area contributed by atoms with Gasteiger partial charge in [0.05, 0.1) is 11.4 Å². The Kier molecular flexibility index (Phi) is 2.43. The second-order valence-electron chi connectivity index (χ2n) is 3.45. The van der Waals surface area contributed by atoms with E-state index in [2.05, 4.69) is 5.32 Å². The van der Waals surface area contributed by atoms with Gasteiger partial charge in [0.25, 0.3) is 0 Å². The number of nitrogen functional groups attached to an aromatic ring is 1. The largest absolute Gasteiger partial charge is 0.481 e. The minimum absolute atomic E-state index is 0.0739. The number of carboxylic acids is 1.